The second-order valence-corrected chi connectivity index (χ2v) is 4.75. The molecule has 0 atom stereocenters. The smallest absolute Gasteiger partial charge is 0.0710 e. The van der Waals surface area contributed by atoms with Gasteiger partial charge in [0.25, 0.3) is 0 Å². The minimum atomic E-state index is 1.05. The van der Waals surface area contributed by atoms with Gasteiger partial charge in [0.05, 0.1) is 11.0 Å². The van der Waals surface area contributed by atoms with Crippen LogP contribution in [-0.2, 0) is 6.42 Å². The zero-order valence-corrected chi connectivity index (χ0v) is 10.2. The van der Waals surface area contributed by atoms with Crippen molar-refractivity contribution in [1.29, 1.82) is 0 Å². The average molecular weight is 234 g/mol. The summed E-state index contributed by atoms with van der Waals surface area (Å²) in [5, 5.41) is 3.88. The molecule has 2 nitrogen and oxygen atoms in total. The van der Waals surface area contributed by atoms with E-state index in [1.807, 2.05) is 6.20 Å². The second kappa shape index (κ2) is 3.39. The third-order valence-corrected chi connectivity index (χ3v) is 3.80. The maximum absolute atomic E-state index is 3.60. The monoisotopic (exact) mass is 234 g/mol. The first-order valence-corrected chi connectivity index (χ1v) is 6.38. The van der Waals surface area contributed by atoms with E-state index in [0.29, 0.717) is 0 Å². The summed E-state index contributed by atoms with van der Waals surface area (Å²) in [6.45, 7) is 2.20. The molecular formula is C16H14N2. The third-order valence-electron chi connectivity index (χ3n) is 3.80. The van der Waals surface area contributed by atoms with E-state index in [1.54, 1.807) is 0 Å². The molecule has 2 heteroatoms. The zero-order valence-electron chi connectivity index (χ0n) is 10.2. The topological polar surface area (TPSA) is 31.6 Å². The summed E-state index contributed by atoms with van der Waals surface area (Å²) in [6, 6.07) is 13.0. The fourth-order valence-corrected chi connectivity index (χ4v) is 2.87. The van der Waals surface area contributed by atoms with Crippen LogP contribution in [0.25, 0.3) is 32.7 Å². The molecule has 0 saturated heterocycles. The fourth-order valence-electron chi connectivity index (χ4n) is 2.87. The van der Waals surface area contributed by atoms with Crippen LogP contribution in [-0.4, -0.2) is 9.97 Å². The number of hydrogen-bond acceptors (Lipinski definition) is 0. The van der Waals surface area contributed by atoms with Crippen LogP contribution in [0.1, 0.15) is 12.5 Å². The molecule has 2 N–H and O–H groups in total. The largest absolute Gasteiger partial charge is 0.359 e. The molecule has 0 aliphatic carbocycles. The predicted octanol–water partition coefficient (Wildman–Crippen LogP) is 4.36. The fraction of sp³-hybridized carbons (Fsp3) is 0.125. The van der Waals surface area contributed by atoms with Gasteiger partial charge in [0.2, 0.25) is 0 Å². The number of benzene rings is 2. The summed E-state index contributed by atoms with van der Waals surface area (Å²) in [5.41, 5.74) is 5.07. The molecule has 0 amide bonds. The Bertz CT molecular complexity index is 865. The van der Waals surface area contributed by atoms with Crippen molar-refractivity contribution in [2.24, 2.45) is 0 Å². The first-order valence-electron chi connectivity index (χ1n) is 6.38. The molecule has 0 radical (unpaired) electrons. The highest BCUT2D eigenvalue weighted by Gasteiger charge is 2.09. The lowest BCUT2D eigenvalue weighted by Gasteiger charge is -1.97. The average Bonchev–Trinajstić information content (AvgIpc) is 3.01. The minimum absolute atomic E-state index is 1.05. The van der Waals surface area contributed by atoms with Gasteiger partial charge in [-0.3, -0.25) is 0 Å². The molecule has 2 aromatic carbocycles. The van der Waals surface area contributed by atoms with Gasteiger partial charge in [-0.25, -0.2) is 0 Å². The molecule has 0 spiro atoms. The molecule has 88 valence electrons. The van der Waals surface area contributed by atoms with E-state index < -0.39 is 0 Å². The first-order chi connectivity index (χ1) is 8.88. The van der Waals surface area contributed by atoms with E-state index in [1.165, 1.54) is 38.3 Å². The van der Waals surface area contributed by atoms with Crippen LogP contribution in [0, 0.1) is 0 Å². The Morgan fingerprint density at radius 3 is 2.67 bits per heavy atom. The van der Waals surface area contributed by atoms with Crippen molar-refractivity contribution in [1.82, 2.24) is 9.97 Å². The molecule has 0 fully saturated rings. The highest BCUT2D eigenvalue weighted by molar-refractivity contribution is 6.16. The lowest BCUT2D eigenvalue weighted by atomic mass is 10.1. The molecule has 0 aliphatic heterocycles. The number of aromatic nitrogens is 2. The Hall–Kier alpha value is -2.22. The summed E-state index contributed by atoms with van der Waals surface area (Å²) in [7, 11) is 0. The maximum Gasteiger partial charge on any atom is 0.0710 e. The van der Waals surface area contributed by atoms with Gasteiger partial charge >= 0.3 is 0 Å². The normalized spacial score (nSPS) is 11.8. The molecule has 2 aromatic heterocycles. The Kier molecular flexibility index (Phi) is 1.84. The molecule has 0 unspecified atom stereocenters. The molecule has 4 aromatic rings. The van der Waals surface area contributed by atoms with Crippen LogP contribution in [0.5, 0.6) is 0 Å². The Balaban J connectivity index is 2.29. The predicted molar refractivity (Wildman–Crippen MR) is 77.0 cm³/mol. The van der Waals surface area contributed by atoms with E-state index in [4.69, 9.17) is 0 Å². The zero-order chi connectivity index (χ0) is 12.1. The number of H-pyrrole nitrogens is 2. The van der Waals surface area contributed by atoms with Gasteiger partial charge in [-0.05, 0) is 18.1 Å². The second-order valence-electron chi connectivity index (χ2n) is 4.75. The van der Waals surface area contributed by atoms with Gasteiger partial charge in [0.15, 0.2) is 0 Å². The molecule has 4 rings (SSSR count). The minimum Gasteiger partial charge on any atom is -0.359 e. The Labute approximate surface area is 105 Å². The van der Waals surface area contributed by atoms with E-state index >= 15 is 0 Å². The number of fused-ring (bicyclic) bond motifs is 5. The Morgan fingerprint density at radius 1 is 0.889 bits per heavy atom. The molecule has 0 aliphatic rings. The van der Waals surface area contributed by atoms with Gasteiger partial charge in [-0.1, -0.05) is 37.3 Å². The molecule has 2 heterocycles. The lowest BCUT2D eigenvalue weighted by Crippen LogP contribution is -1.81. The van der Waals surface area contributed by atoms with Gasteiger partial charge in [0.1, 0.15) is 0 Å². The standard InChI is InChI=1S/C16H14N2/c1-2-10-4-3-5-12-13-7-6-11-8-9-17-15(11)16(13)18-14(10)12/h3-9,17-18H,2H2,1H3. The summed E-state index contributed by atoms with van der Waals surface area (Å²) in [6.07, 6.45) is 3.05. The van der Waals surface area contributed by atoms with E-state index in [9.17, 15) is 0 Å². The summed E-state index contributed by atoms with van der Waals surface area (Å²) in [4.78, 5) is 6.93. The number of nitrogens with one attached hydrogen (secondary N) is 2. The number of aryl methyl sites for hydroxylation is 1. The highest BCUT2D eigenvalue weighted by Crippen LogP contribution is 2.31. The van der Waals surface area contributed by atoms with Crippen LogP contribution in [0.4, 0.5) is 0 Å². The highest BCUT2D eigenvalue weighted by atomic mass is 14.8. The van der Waals surface area contributed by atoms with E-state index in [2.05, 4.69) is 53.3 Å². The van der Waals surface area contributed by atoms with Crippen molar-refractivity contribution < 1.29 is 0 Å². The number of rotatable bonds is 1. The van der Waals surface area contributed by atoms with E-state index in [0.717, 1.165) is 6.42 Å². The third kappa shape index (κ3) is 1.12. The molecule has 18 heavy (non-hydrogen) atoms. The van der Waals surface area contributed by atoms with Crippen LogP contribution < -0.4 is 0 Å². The summed E-state index contributed by atoms with van der Waals surface area (Å²) < 4.78 is 0. The lowest BCUT2D eigenvalue weighted by molar-refractivity contribution is 1.15. The summed E-state index contributed by atoms with van der Waals surface area (Å²) in [5.74, 6) is 0. The first kappa shape index (κ1) is 9.77. The quantitative estimate of drug-likeness (QED) is 0.490. The molecule has 0 saturated carbocycles. The molecule has 0 bridgehead atoms. The van der Waals surface area contributed by atoms with Crippen LogP contribution in [0.3, 0.4) is 0 Å². The van der Waals surface area contributed by atoms with Crippen LogP contribution >= 0.6 is 0 Å². The van der Waals surface area contributed by atoms with Crippen molar-refractivity contribution in [3.8, 4) is 0 Å². The number of aromatic amines is 2. The number of para-hydroxylation sites is 1. The SMILES string of the molecule is CCc1cccc2c1[nH]c1c2ccc2cc[nH]c21. The molecular weight excluding hydrogens is 220 g/mol. The summed E-state index contributed by atoms with van der Waals surface area (Å²) >= 11 is 0. The van der Waals surface area contributed by atoms with E-state index in [-0.39, 0.29) is 0 Å². The van der Waals surface area contributed by atoms with Gasteiger partial charge < -0.3 is 9.97 Å². The maximum atomic E-state index is 3.60. The van der Waals surface area contributed by atoms with Gasteiger partial charge in [0, 0.05) is 27.9 Å². The van der Waals surface area contributed by atoms with Crippen LogP contribution in [0.2, 0.25) is 0 Å². The van der Waals surface area contributed by atoms with Crippen LogP contribution in [0.15, 0.2) is 42.6 Å². The Morgan fingerprint density at radius 2 is 1.78 bits per heavy atom. The van der Waals surface area contributed by atoms with Crippen molar-refractivity contribution in [2.75, 3.05) is 0 Å². The van der Waals surface area contributed by atoms with Crippen molar-refractivity contribution in [3.63, 3.8) is 0 Å². The van der Waals surface area contributed by atoms with Crippen molar-refractivity contribution >= 4 is 32.7 Å². The van der Waals surface area contributed by atoms with Crippen molar-refractivity contribution in [3.05, 3.63) is 48.2 Å². The van der Waals surface area contributed by atoms with Gasteiger partial charge in [-0.2, -0.15) is 0 Å². The van der Waals surface area contributed by atoms with Crippen molar-refractivity contribution in [2.45, 2.75) is 13.3 Å². The van der Waals surface area contributed by atoms with Gasteiger partial charge in [-0.15, -0.1) is 0 Å². The number of hydrogen-bond donors (Lipinski definition) is 2.